The Labute approximate surface area is 180 Å². The van der Waals surface area contributed by atoms with E-state index in [-0.39, 0.29) is 11.6 Å². The summed E-state index contributed by atoms with van der Waals surface area (Å²) in [6.07, 6.45) is 0.938. The van der Waals surface area contributed by atoms with Crippen molar-refractivity contribution >= 4 is 17.3 Å². The van der Waals surface area contributed by atoms with E-state index in [0.717, 1.165) is 61.2 Å². The molecule has 1 fully saturated rings. The summed E-state index contributed by atoms with van der Waals surface area (Å²) in [6, 6.07) is 13.3. The van der Waals surface area contributed by atoms with Gasteiger partial charge in [0.2, 0.25) is 5.56 Å². The van der Waals surface area contributed by atoms with Crippen molar-refractivity contribution in [2.45, 2.75) is 25.9 Å². The van der Waals surface area contributed by atoms with E-state index >= 15 is 0 Å². The Morgan fingerprint density at radius 1 is 1.16 bits per heavy atom. The highest BCUT2D eigenvalue weighted by Gasteiger charge is 2.27. The quantitative estimate of drug-likeness (QED) is 0.599. The molecule has 1 saturated heterocycles. The molecular formula is C23H26N6O2. The number of hydrogen-bond acceptors (Lipinski definition) is 7. The number of H-pyrrole nitrogens is 1. The lowest BCUT2D eigenvalue weighted by Gasteiger charge is -2.36. The second kappa shape index (κ2) is 8.49. The minimum Gasteiger partial charge on any atom is -0.377 e. The van der Waals surface area contributed by atoms with Gasteiger partial charge in [-0.3, -0.25) is 4.79 Å². The van der Waals surface area contributed by atoms with Crippen LogP contribution in [-0.4, -0.2) is 47.3 Å². The maximum absolute atomic E-state index is 11.5. The van der Waals surface area contributed by atoms with E-state index in [1.54, 1.807) is 6.07 Å². The molecule has 0 saturated carbocycles. The van der Waals surface area contributed by atoms with Crippen molar-refractivity contribution in [3.8, 4) is 11.4 Å². The van der Waals surface area contributed by atoms with Crippen LogP contribution in [0, 0.1) is 0 Å². The maximum atomic E-state index is 11.5. The molecule has 2 aliphatic heterocycles. The molecule has 4 heterocycles. The number of anilines is 3. The van der Waals surface area contributed by atoms with Gasteiger partial charge in [-0.25, -0.2) is 9.97 Å². The van der Waals surface area contributed by atoms with Gasteiger partial charge in [0.05, 0.1) is 24.9 Å². The Bertz CT molecular complexity index is 1130. The Balaban J connectivity index is 1.47. The smallest absolute Gasteiger partial charge is 0.249 e. The lowest BCUT2D eigenvalue weighted by molar-refractivity contribution is 0.0984. The molecule has 0 aliphatic carbocycles. The highest BCUT2D eigenvalue weighted by molar-refractivity contribution is 5.65. The van der Waals surface area contributed by atoms with Gasteiger partial charge in [-0.05, 0) is 50.2 Å². The first-order valence-corrected chi connectivity index (χ1v) is 10.7. The maximum Gasteiger partial charge on any atom is 0.249 e. The first-order valence-electron chi connectivity index (χ1n) is 10.7. The fourth-order valence-electron chi connectivity index (χ4n) is 4.13. The largest absolute Gasteiger partial charge is 0.377 e. The lowest BCUT2D eigenvalue weighted by Crippen LogP contribution is -2.45. The van der Waals surface area contributed by atoms with Crippen LogP contribution in [0.25, 0.3) is 11.4 Å². The van der Waals surface area contributed by atoms with E-state index in [0.29, 0.717) is 12.4 Å². The van der Waals surface area contributed by atoms with Crippen LogP contribution in [0.2, 0.25) is 0 Å². The van der Waals surface area contributed by atoms with Crippen molar-refractivity contribution in [2.75, 3.05) is 36.5 Å². The standard InChI is InChI=1S/C23H26N6O2/c1-15-14-31-12-11-29(15)23-18-9-10-24-13-19(18)26-22(28-23)16-5-7-17(8-6-16)25-20-3-2-4-21(30)27-20/h2-8,15,24H,9-14H2,1H3,(H2,25,27,30). The van der Waals surface area contributed by atoms with Crippen LogP contribution in [0.15, 0.2) is 47.3 Å². The summed E-state index contributed by atoms with van der Waals surface area (Å²) >= 11 is 0. The first kappa shape index (κ1) is 19.7. The van der Waals surface area contributed by atoms with Crippen molar-refractivity contribution in [2.24, 2.45) is 0 Å². The molecular weight excluding hydrogens is 392 g/mol. The summed E-state index contributed by atoms with van der Waals surface area (Å²) in [7, 11) is 0. The van der Waals surface area contributed by atoms with Crippen molar-refractivity contribution in [3.63, 3.8) is 0 Å². The third kappa shape index (κ3) is 4.17. The molecule has 2 aliphatic rings. The number of benzene rings is 1. The summed E-state index contributed by atoms with van der Waals surface area (Å²) in [6.45, 7) is 6.17. The first-order chi connectivity index (χ1) is 15.2. The van der Waals surface area contributed by atoms with E-state index in [2.05, 4.69) is 27.4 Å². The van der Waals surface area contributed by atoms with Gasteiger partial charge in [0, 0.05) is 36.0 Å². The second-order valence-corrected chi connectivity index (χ2v) is 7.97. The van der Waals surface area contributed by atoms with E-state index in [4.69, 9.17) is 14.7 Å². The van der Waals surface area contributed by atoms with E-state index in [1.165, 1.54) is 11.6 Å². The minimum absolute atomic E-state index is 0.137. The topological polar surface area (TPSA) is 95.2 Å². The molecule has 8 heteroatoms. The highest BCUT2D eigenvalue weighted by atomic mass is 16.5. The average molecular weight is 419 g/mol. The molecule has 3 N–H and O–H groups in total. The molecule has 3 aromatic rings. The van der Waals surface area contributed by atoms with Crippen molar-refractivity contribution in [1.29, 1.82) is 0 Å². The number of aromatic nitrogens is 3. The minimum atomic E-state index is -0.137. The summed E-state index contributed by atoms with van der Waals surface area (Å²) in [5.74, 6) is 2.43. The predicted octanol–water partition coefficient (Wildman–Crippen LogP) is 2.45. The van der Waals surface area contributed by atoms with E-state index in [9.17, 15) is 4.79 Å². The summed E-state index contributed by atoms with van der Waals surface area (Å²) < 4.78 is 5.64. The van der Waals surface area contributed by atoms with Crippen molar-refractivity contribution in [3.05, 3.63) is 64.1 Å². The number of pyridine rings is 1. The predicted molar refractivity (Wildman–Crippen MR) is 121 cm³/mol. The van der Waals surface area contributed by atoms with Gasteiger partial charge in [-0.2, -0.15) is 0 Å². The number of aromatic amines is 1. The molecule has 0 radical (unpaired) electrons. The number of hydrogen-bond donors (Lipinski definition) is 3. The van der Waals surface area contributed by atoms with E-state index < -0.39 is 0 Å². The highest BCUT2D eigenvalue weighted by Crippen LogP contribution is 2.30. The number of morpholine rings is 1. The van der Waals surface area contributed by atoms with Crippen LogP contribution in [-0.2, 0) is 17.7 Å². The summed E-state index contributed by atoms with van der Waals surface area (Å²) in [5, 5.41) is 6.64. The van der Waals surface area contributed by atoms with Crippen LogP contribution in [0.5, 0.6) is 0 Å². The van der Waals surface area contributed by atoms with Gasteiger partial charge in [-0.1, -0.05) is 6.07 Å². The Morgan fingerprint density at radius 2 is 2.03 bits per heavy atom. The molecule has 160 valence electrons. The fraction of sp³-hybridized carbons (Fsp3) is 0.348. The van der Waals surface area contributed by atoms with Crippen LogP contribution < -0.4 is 21.1 Å². The number of rotatable bonds is 4. The van der Waals surface area contributed by atoms with Gasteiger partial charge in [0.25, 0.3) is 0 Å². The average Bonchev–Trinajstić information content (AvgIpc) is 2.79. The molecule has 8 nitrogen and oxygen atoms in total. The summed E-state index contributed by atoms with van der Waals surface area (Å²) in [5.41, 5.74) is 4.04. The van der Waals surface area contributed by atoms with Gasteiger partial charge >= 0.3 is 0 Å². The normalized spacial score (nSPS) is 18.5. The van der Waals surface area contributed by atoms with E-state index in [1.807, 2.05) is 30.3 Å². The van der Waals surface area contributed by atoms with Crippen molar-refractivity contribution in [1.82, 2.24) is 20.3 Å². The number of ether oxygens (including phenoxy) is 1. The second-order valence-electron chi connectivity index (χ2n) is 7.97. The molecule has 5 rings (SSSR count). The van der Waals surface area contributed by atoms with Gasteiger partial charge in [-0.15, -0.1) is 0 Å². The monoisotopic (exact) mass is 418 g/mol. The molecule has 1 aromatic carbocycles. The third-order valence-electron chi connectivity index (χ3n) is 5.75. The fourth-order valence-corrected chi connectivity index (χ4v) is 4.13. The zero-order valence-electron chi connectivity index (χ0n) is 17.5. The molecule has 2 aromatic heterocycles. The van der Waals surface area contributed by atoms with Gasteiger partial charge in [0.1, 0.15) is 11.6 Å². The molecule has 0 bridgehead atoms. The molecule has 0 amide bonds. The van der Waals surface area contributed by atoms with Crippen LogP contribution in [0.4, 0.5) is 17.3 Å². The SMILES string of the molecule is CC1COCCN1c1nc(-c2ccc(Nc3cccc(=O)[nH]3)cc2)nc2c1CCNC2. The summed E-state index contributed by atoms with van der Waals surface area (Å²) in [4.78, 5) is 26.5. The molecule has 1 atom stereocenters. The van der Waals surface area contributed by atoms with Gasteiger partial charge < -0.3 is 25.3 Å². The third-order valence-corrected chi connectivity index (χ3v) is 5.75. The van der Waals surface area contributed by atoms with Crippen LogP contribution >= 0.6 is 0 Å². The zero-order chi connectivity index (χ0) is 21.2. The number of fused-ring (bicyclic) bond motifs is 1. The Hall–Kier alpha value is -3.23. The molecule has 31 heavy (non-hydrogen) atoms. The number of nitrogens with zero attached hydrogens (tertiary/aromatic N) is 3. The lowest BCUT2D eigenvalue weighted by atomic mass is 10.0. The van der Waals surface area contributed by atoms with Crippen LogP contribution in [0.3, 0.4) is 0 Å². The van der Waals surface area contributed by atoms with Gasteiger partial charge in [0.15, 0.2) is 5.82 Å². The number of nitrogens with one attached hydrogen (secondary N) is 3. The molecule has 1 unspecified atom stereocenters. The Kier molecular flexibility index (Phi) is 5.40. The Morgan fingerprint density at radius 3 is 2.84 bits per heavy atom. The molecule has 0 spiro atoms. The zero-order valence-corrected chi connectivity index (χ0v) is 17.5. The van der Waals surface area contributed by atoms with Crippen molar-refractivity contribution < 1.29 is 4.74 Å². The van der Waals surface area contributed by atoms with Crippen LogP contribution in [0.1, 0.15) is 18.2 Å².